The summed E-state index contributed by atoms with van der Waals surface area (Å²) in [4.78, 5) is 23.7. The van der Waals surface area contributed by atoms with E-state index >= 15 is 0 Å². The summed E-state index contributed by atoms with van der Waals surface area (Å²) in [5, 5.41) is 4.85. The lowest BCUT2D eigenvalue weighted by Crippen LogP contribution is -2.39. The van der Waals surface area contributed by atoms with Gasteiger partial charge in [-0.05, 0) is 42.2 Å². The van der Waals surface area contributed by atoms with Crippen molar-refractivity contribution in [1.82, 2.24) is 24.5 Å². The summed E-state index contributed by atoms with van der Waals surface area (Å²) < 4.78 is 6.68. The van der Waals surface area contributed by atoms with Gasteiger partial charge in [0.05, 0.1) is 24.4 Å². The van der Waals surface area contributed by atoms with Crippen LogP contribution in [-0.2, 0) is 6.42 Å². The van der Waals surface area contributed by atoms with Crippen LogP contribution in [0.2, 0.25) is 5.02 Å². The topological polar surface area (TPSA) is 72.6 Å². The molecule has 31 heavy (non-hydrogen) atoms. The lowest BCUT2D eigenvalue weighted by atomic mass is 9.90. The molecule has 7 nitrogen and oxygen atoms in total. The van der Waals surface area contributed by atoms with Gasteiger partial charge in [0.15, 0.2) is 11.3 Å². The van der Waals surface area contributed by atoms with Crippen molar-refractivity contribution in [2.24, 2.45) is 0 Å². The van der Waals surface area contributed by atoms with E-state index in [2.05, 4.69) is 40.2 Å². The van der Waals surface area contributed by atoms with Crippen molar-refractivity contribution in [2.75, 3.05) is 13.7 Å². The third-order valence-electron chi connectivity index (χ3n) is 5.73. The number of halogens is 1. The first kappa shape index (κ1) is 19.5. The normalized spacial score (nSPS) is 15.7. The highest BCUT2D eigenvalue weighted by molar-refractivity contribution is 6.30. The van der Waals surface area contributed by atoms with Crippen molar-refractivity contribution in [1.29, 1.82) is 0 Å². The number of methoxy groups -OCH3 is 1. The number of nitrogens with zero attached hydrogens (tertiary/aromatic N) is 5. The summed E-state index contributed by atoms with van der Waals surface area (Å²) in [6.07, 6.45) is 5.78. The highest BCUT2D eigenvalue weighted by Gasteiger charge is 2.30. The monoisotopic (exact) mass is 433 g/mol. The second-order valence-electron chi connectivity index (χ2n) is 7.53. The van der Waals surface area contributed by atoms with Crippen LogP contribution in [0.3, 0.4) is 0 Å². The maximum Gasteiger partial charge on any atom is 0.274 e. The highest BCUT2D eigenvalue weighted by Crippen LogP contribution is 2.34. The van der Waals surface area contributed by atoms with Gasteiger partial charge >= 0.3 is 0 Å². The molecular weight excluding hydrogens is 414 g/mol. The minimum absolute atomic E-state index is 0.0798. The maximum atomic E-state index is 13.3. The Bertz CT molecular complexity index is 1290. The number of pyridine rings is 1. The van der Waals surface area contributed by atoms with Crippen LogP contribution in [0.5, 0.6) is 5.88 Å². The third kappa shape index (κ3) is 3.51. The molecule has 4 aromatic rings. The minimum Gasteiger partial charge on any atom is -0.481 e. The van der Waals surface area contributed by atoms with E-state index in [0.717, 1.165) is 23.1 Å². The number of hydrogen-bond donors (Lipinski definition) is 0. The van der Waals surface area contributed by atoms with Crippen molar-refractivity contribution in [3.8, 4) is 17.0 Å². The number of hydrogen-bond acceptors (Lipinski definition) is 5. The van der Waals surface area contributed by atoms with Gasteiger partial charge < -0.3 is 9.64 Å². The molecule has 156 valence electrons. The minimum atomic E-state index is -0.115. The van der Waals surface area contributed by atoms with Crippen LogP contribution in [0, 0.1) is 0 Å². The molecule has 0 radical (unpaired) electrons. The summed E-state index contributed by atoms with van der Waals surface area (Å²) in [7, 11) is 1.60. The summed E-state index contributed by atoms with van der Waals surface area (Å²) in [5.74, 6) is 0.464. The van der Waals surface area contributed by atoms with Gasteiger partial charge in [-0.2, -0.15) is 5.10 Å². The van der Waals surface area contributed by atoms with Crippen molar-refractivity contribution < 1.29 is 9.53 Å². The Kier molecular flexibility index (Phi) is 4.82. The molecule has 0 aliphatic carbocycles. The Morgan fingerprint density at radius 2 is 1.97 bits per heavy atom. The van der Waals surface area contributed by atoms with Gasteiger partial charge in [0.1, 0.15) is 0 Å². The Labute approximate surface area is 184 Å². The quantitative estimate of drug-likeness (QED) is 0.484. The van der Waals surface area contributed by atoms with Crippen molar-refractivity contribution in [3.63, 3.8) is 0 Å². The first-order chi connectivity index (χ1) is 15.0. The molecule has 0 saturated heterocycles. The van der Waals surface area contributed by atoms with E-state index in [0.29, 0.717) is 28.8 Å². The Morgan fingerprint density at radius 3 is 2.74 bits per heavy atom. The predicted octanol–water partition coefficient (Wildman–Crippen LogP) is 4.21. The molecule has 0 bridgehead atoms. The van der Waals surface area contributed by atoms with Crippen LogP contribution >= 0.6 is 11.6 Å². The first-order valence-corrected chi connectivity index (χ1v) is 10.4. The second-order valence-corrected chi connectivity index (χ2v) is 7.97. The van der Waals surface area contributed by atoms with Crippen LogP contribution in [0.15, 0.2) is 55.0 Å². The molecule has 0 spiro atoms. The van der Waals surface area contributed by atoms with E-state index in [1.54, 1.807) is 31.8 Å². The second kappa shape index (κ2) is 7.67. The van der Waals surface area contributed by atoms with Crippen molar-refractivity contribution in [3.05, 3.63) is 76.8 Å². The van der Waals surface area contributed by atoms with Crippen LogP contribution in [0.1, 0.15) is 34.6 Å². The molecule has 0 fully saturated rings. The number of rotatable bonds is 3. The van der Waals surface area contributed by atoms with Crippen LogP contribution in [0.4, 0.5) is 0 Å². The number of carbonyl (C=O) groups is 1. The van der Waals surface area contributed by atoms with E-state index in [9.17, 15) is 4.79 Å². The number of amides is 1. The molecule has 0 N–H and O–H groups in total. The zero-order chi connectivity index (χ0) is 21.5. The van der Waals surface area contributed by atoms with Crippen LogP contribution in [0.25, 0.3) is 16.8 Å². The average Bonchev–Trinajstić information content (AvgIpc) is 3.22. The Morgan fingerprint density at radius 1 is 1.13 bits per heavy atom. The molecule has 4 heterocycles. The molecule has 3 aromatic heterocycles. The van der Waals surface area contributed by atoms with Crippen LogP contribution < -0.4 is 4.74 Å². The zero-order valence-electron chi connectivity index (χ0n) is 17.1. The van der Waals surface area contributed by atoms with Crippen molar-refractivity contribution >= 4 is 23.2 Å². The van der Waals surface area contributed by atoms with Gasteiger partial charge in [0, 0.05) is 36.6 Å². The Hall–Kier alpha value is -3.45. The highest BCUT2D eigenvalue weighted by atomic mass is 35.5. The number of carbonyl (C=O) groups excluding carboxylic acids is 1. The van der Waals surface area contributed by atoms with E-state index in [1.165, 1.54) is 10.1 Å². The molecule has 1 unspecified atom stereocenters. The smallest absolute Gasteiger partial charge is 0.274 e. The molecule has 1 aliphatic rings. The molecule has 1 aliphatic heterocycles. The van der Waals surface area contributed by atoms with Gasteiger partial charge in [-0.15, -0.1) is 0 Å². The fraction of sp³-hybridized carbons (Fsp3) is 0.217. The lowest BCUT2D eigenvalue weighted by Gasteiger charge is -2.35. The molecule has 5 rings (SSSR count). The zero-order valence-corrected chi connectivity index (χ0v) is 17.9. The molecule has 0 saturated carbocycles. The van der Waals surface area contributed by atoms with E-state index in [1.807, 2.05) is 17.0 Å². The van der Waals surface area contributed by atoms with Gasteiger partial charge in [-0.25, -0.2) is 14.5 Å². The van der Waals surface area contributed by atoms with Gasteiger partial charge in [0.2, 0.25) is 5.88 Å². The number of ether oxygens (including phenoxy) is 1. The van der Waals surface area contributed by atoms with Gasteiger partial charge in [-0.1, -0.05) is 23.7 Å². The summed E-state index contributed by atoms with van der Waals surface area (Å²) in [5.41, 5.74) is 5.40. The SMILES string of the molecule is COc1ccc(-c2ccc3c(c2)C(C)N(C(=O)c2cc4ncc(Cl)cn4n2)CC3)cn1. The first-order valence-electron chi connectivity index (χ1n) is 9.98. The Balaban J connectivity index is 1.45. The summed E-state index contributed by atoms with van der Waals surface area (Å²) in [6, 6.07) is 11.8. The number of benzene rings is 1. The van der Waals surface area contributed by atoms with Crippen LogP contribution in [-0.4, -0.2) is 44.0 Å². The molecule has 8 heteroatoms. The number of fused-ring (bicyclic) bond motifs is 2. The number of aromatic nitrogens is 4. The molecule has 1 atom stereocenters. The predicted molar refractivity (Wildman–Crippen MR) is 117 cm³/mol. The van der Waals surface area contributed by atoms with Gasteiger partial charge in [0.25, 0.3) is 5.91 Å². The third-order valence-corrected chi connectivity index (χ3v) is 5.92. The molecule has 1 amide bonds. The van der Waals surface area contributed by atoms with E-state index in [4.69, 9.17) is 16.3 Å². The largest absolute Gasteiger partial charge is 0.481 e. The van der Waals surface area contributed by atoms with Gasteiger partial charge in [-0.3, -0.25) is 4.79 Å². The summed E-state index contributed by atoms with van der Waals surface area (Å²) >= 11 is 5.99. The maximum absolute atomic E-state index is 13.3. The van der Waals surface area contributed by atoms with Crippen molar-refractivity contribution in [2.45, 2.75) is 19.4 Å². The average molecular weight is 434 g/mol. The fourth-order valence-corrected chi connectivity index (χ4v) is 4.19. The van der Waals surface area contributed by atoms with E-state index < -0.39 is 0 Å². The summed E-state index contributed by atoms with van der Waals surface area (Å²) in [6.45, 7) is 2.69. The standard InChI is InChI=1S/C23H20ClN5O2/c1-14-19-9-16(17-5-6-22(31-2)26-11-17)4-3-15(19)7-8-28(14)23(30)20-10-21-25-12-18(24)13-29(21)27-20/h3-6,9-14H,7-8H2,1-2H3. The lowest BCUT2D eigenvalue weighted by molar-refractivity contribution is 0.0671. The fourth-order valence-electron chi connectivity index (χ4n) is 4.05. The molecular formula is C23H20ClN5O2. The molecule has 1 aromatic carbocycles. The van der Waals surface area contributed by atoms with E-state index in [-0.39, 0.29) is 11.9 Å².